The van der Waals surface area contributed by atoms with Crippen molar-refractivity contribution in [3.05, 3.63) is 24.3 Å². The van der Waals surface area contributed by atoms with Gasteiger partial charge in [0.1, 0.15) is 5.75 Å². The van der Waals surface area contributed by atoms with Crippen molar-refractivity contribution in [2.75, 3.05) is 37.7 Å². The third kappa shape index (κ3) is 4.21. The number of carbonyl (C=O) groups excluding carboxylic acids is 3. The minimum Gasteiger partial charge on any atom is -0.494 e. The average molecular weight is 415 g/mol. The van der Waals surface area contributed by atoms with Crippen LogP contribution in [0.25, 0.3) is 0 Å². The van der Waals surface area contributed by atoms with Crippen molar-refractivity contribution < 1.29 is 24.0 Å². The van der Waals surface area contributed by atoms with Gasteiger partial charge in [-0.25, -0.2) is 4.90 Å². The van der Waals surface area contributed by atoms with E-state index < -0.39 is 0 Å². The molecule has 3 aliphatic heterocycles. The van der Waals surface area contributed by atoms with Crippen molar-refractivity contribution in [3.8, 4) is 5.75 Å². The van der Waals surface area contributed by atoms with Gasteiger partial charge in [-0.05, 0) is 56.4 Å². The quantitative estimate of drug-likeness (QED) is 0.706. The second-order valence-electron chi connectivity index (χ2n) is 8.65. The summed E-state index contributed by atoms with van der Waals surface area (Å²) in [5.41, 5.74) is 0.595. The van der Waals surface area contributed by atoms with Crippen molar-refractivity contribution >= 4 is 23.4 Å². The van der Waals surface area contributed by atoms with Crippen LogP contribution in [0.4, 0.5) is 5.69 Å². The molecule has 162 valence electrons. The maximum absolute atomic E-state index is 13.2. The molecule has 1 aromatic carbocycles. The zero-order valence-electron chi connectivity index (χ0n) is 17.8. The number of rotatable bonds is 6. The highest BCUT2D eigenvalue weighted by Crippen LogP contribution is 2.25. The molecule has 3 saturated heterocycles. The standard InChI is InChI=1S/C23H31N3O4/c1-2-14-30-19-9-7-18(8-10-19)26-21(27)15-20(23(26)29)25-13-5-6-17(16-25)22(28)24-11-3-4-12-24/h7-10,17,20H,2-6,11-16H2,1H3/p+1/t17-,20+/m0/s1. The van der Waals surface area contributed by atoms with Crippen LogP contribution in [-0.2, 0) is 14.4 Å². The van der Waals surface area contributed by atoms with Crippen molar-refractivity contribution in [1.82, 2.24) is 4.90 Å². The SMILES string of the molecule is CCCOc1ccc(N2C(=O)C[C@@H]([NH+]3CCC[C@H](C(=O)N4CCCC4)C3)C2=O)cc1. The molecule has 7 heteroatoms. The van der Waals surface area contributed by atoms with Crippen molar-refractivity contribution in [3.63, 3.8) is 0 Å². The molecular weight excluding hydrogens is 382 g/mol. The number of imide groups is 1. The molecule has 0 radical (unpaired) electrons. The molecule has 4 rings (SSSR count). The van der Waals surface area contributed by atoms with Crippen LogP contribution < -0.4 is 14.5 Å². The molecule has 7 nitrogen and oxygen atoms in total. The van der Waals surface area contributed by atoms with Gasteiger partial charge < -0.3 is 14.5 Å². The van der Waals surface area contributed by atoms with Crippen LogP contribution in [0.15, 0.2) is 24.3 Å². The second-order valence-corrected chi connectivity index (χ2v) is 8.65. The molecule has 3 amide bonds. The third-order valence-corrected chi connectivity index (χ3v) is 6.53. The number of quaternary nitrogens is 1. The summed E-state index contributed by atoms with van der Waals surface area (Å²) in [5, 5.41) is 0. The Morgan fingerprint density at radius 1 is 1.13 bits per heavy atom. The fourth-order valence-electron chi connectivity index (χ4n) is 4.95. The van der Waals surface area contributed by atoms with Crippen molar-refractivity contribution in [1.29, 1.82) is 0 Å². The van der Waals surface area contributed by atoms with Crippen molar-refractivity contribution in [2.24, 2.45) is 5.92 Å². The topological polar surface area (TPSA) is 71.4 Å². The molecule has 0 saturated carbocycles. The van der Waals surface area contributed by atoms with E-state index in [1.165, 1.54) is 4.90 Å². The summed E-state index contributed by atoms with van der Waals surface area (Å²) in [4.78, 5) is 43.1. The van der Waals surface area contributed by atoms with Crippen LogP contribution in [0.1, 0.15) is 45.4 Å². The van der Waals surface area contributed by atoms with Crippen molar-refractivity contribution in [2.45, 2.75) is 51.5 Å². The Morgan fingerprint density at radius 2 is 1.87 bits per heavy atom. The van der Waals surface area contributed by atoms with Gasteiger partial charge in [0, 0.05) is 13.1 Å². The smallest absolute Gasteiger partial charge is 0.292 e. The van der Waals surface area contributed by atoms with E-state index in [2.05, 4.69) is 0 Å². The normalized spacial score (nSPS) is 27.0. The lowest BCUT2D eigenvalue weighted by atomic mass is 9.95. The summed E-state index contributed by atoms with van der Waals surface area (Å²) in [6.45, 7) is 5.89. The molecule has 1 N–H and O–H groups in total. The molecule has 0 aromatic heterocycles. The molecule has 1 aromatic rings. The molecule has 3 atom stereocenters. The van der Waals surface area contributed by atoms with Gasteiger partial charge >= 0.3 is 0 Å². The highest BCUT2D eigenvalue weighted by molar-refractivity contribution is 6.21. The molecular formula is C23H32N3O4+. The minimum absolute atomic E-state index is 0.0289. The van der Waals surface area contributed by atoms with E-state index in [0.717, 1.165) is 62.4 Å². The van der Waals surface area contributed by atoms with Crippen LogP contribution in [0, 0.1) is 5.92 Å². The minimum atomic E-state index is -0.386. The summed E-state index contributed by atoms with van der Waals surface area (Å²) in [7, 11) is 0. The van der Waals surface area contributed by atoms with Crippen LogP contribution in [0.2, 0.25) is 0 Å². The third-order valence-electron chi connectivity index (χ3n) is 6.53. The second kappa shape index (κ2) is 9.16. The Hall–Kier alpha value is -2.41. The lowest BCUT2D eigenvalue weighted by Gasteiger charge is -2.33. The maximum Gasteiger partial charge on any atom is 0.292 e. The highest BCUT2D eigenvalue weighted by Gasteiger charge is 2.47. The first-order chi connectivity index (χ1) is 14.6. The number of piperidine rings is 1. The summed E-state index contributed by atoms with van der Waals surface area (Å²) >= 11 is 0. The first-order valence-corrected chi connectivity index (χ1v) is 11.3. The molecule has 0 aliphatic carbocycles. The summed E-state index contributed by atoms with van der Waals surface area (Å²) in [6.07, 6.45) is 5.11. The Bertz CT molecular complexity index is 788. The van der Waals surface area contributed by atoms with E-state index in [0.29, 0.717) is 18.8 Å². The molecule has 0 bridgehead atoms. The number of carbonyl (C=O) groups is 3. The first-order valence-electron chi connectivity index (χ1n) is 11.3. The number of amides is 3. The van der Waals surface area contributed by atoms with Gasteiger partial charge in [0.15, 0.2) is 6.04 Å². The molecule has 1 unspecified atom stereocenters. The lowest BCUT2D eigenvalue weighted by molar-refractivity contribution is -0.922. The van der Waals surface area contributed by atoms with Gasteiger partial charge in [-0.3, -0.25) is 14.4 Å². The van der Waals surface area contributed by atoms with Crippen LogP contribution in [0.5, 0.6) is 5.75 Å². The number of benzene rings is 1. The summed E-state index contributed by atoms with van der Waals surface area (Å²) in [6, 6.07) is 6.76. The predicted octanol–water partition coefficient (Wildman–Crippen LogP) is 1.02. The molecule has 0 spiro atoms. The lowest BCUT2D eigenvalue weighted by Crippen LogP contribution is -3.18. The van der Waals surface area contributed by atoms with Gasteiger partial charge in [-0.2, -0.15) is 0 Å². The monoisotopic (exact) mass is 414 g/mol. The molecule has 3 aliphatic rings. The first kappa shape index (κ1) is 20.8. The van der Waals surface area contributed by atoms with Crippen LogP contribution in [-0.4, -0.2) is 61.4 Å². The number of anilines is 1. The number of hydrogen-bond donors (Lipinski definition) is 1. The zero-order chi connectivity index (χ0) is 21.1. The van der Waals surface area contributed by atoms with E-state index in [1.54, 1.807) is 24.3 Å². The molecule has 30 heavy (non-hydrogen) atoms. The van der Waals surface area contributed by atoms with Gasteiger partial charge in [0.25, 0.3) is 5.91 Å². The van der Waals surface area contributed by atoms with Gasteiger partial charge in [0.05, 0.1) is 37.7 Å². The van der Waals surface area contributed by atoms with E-state index in [1.807, 2.05) is 11.8 Å². The van der Waals surface area contributed by atoms with E-state index in [4.69, 9.17) is 4.74 Å². The number of nitrogens with zero attached hydrogens (tertiary/aromatic N) is 2. The fourth-order valence-corrected chi connectivity index (χ4v) is 4.95. The Labute approximate surface area is 177 Å². The van der Waals surface area contributed by atoms with E-state index >= 15 is 0 Å². The summed E-state index contributed by atoms with van der Waals surface area (Å²) < 4.78 is 5.59. The zero-order valence-corrected chi connectivity index (χ0v) is 17.8. The summed E-state index contributed by atoms with van der Waals surface area (Å²) in [5.74, 6) is 0.639. The largest absolute Gasteiger partial charge is 0.494 e. The number of likely N-dealkylation sites (tertiary alicyclic amines) is 2. The molecule has 3 heterocycles. The average Bonchev–Trinajstić information content (AvgIpc) is 3.40. The number of nitrogens with one attached hydrogen (secondary N) is 1. The van der Waals surface area contributed by atoms with E-state index in [-0.39, 0.29) is 36.1 Å². The predicted molar refractivity (Wildman–Crippen MR) is 112 cm³/mol. The highest BCUT2D eigenvalue weighted by atomic mass is 16.5. The Balaban J connectivity index is 1.42. The number of ether oxygens (including phenoxy) is 1. The molecule has 3 fully saturated rings. The Kier molecular flexibility index (Phi) is 6.37. The fraction of sp³-hybridized carbons (Fsp3) is 0.609. The number of hydrogen-bond acceptors (Lipinski definition) is 4. The maximum atomic E-state index is 13.2. The van der Waals surface area contributed by atoms with Gasteiger partial charge in [-0.15, -0.1) is 0 Å². The van der Waals surface area contributed by atoms with Gasteiger partial charge in [0.2, 0.25) is 11.8 Å². The van der Waals surface area contributed by atoms with E-state index in [9.17, 15) is 14.4 Å². The Morgan fingerprint density at radius 3 is 2.57 bits per heavy atom. The van der Waals surface area contributed by atoms with Gasteiger partial charge in [-0.1, -0.05) is 6.92 Å². The van der Waals surface area contributed by atoms with Crippen LogP contribution in [0.3, 0.4) is 0 Å². The van der Waals surface area contributed by atoms with Crippen LogP contribution >= 0.6 is 0 Å².